The first-order valence-corrected chi connectivity index (χ1v) is 11.2. The second-order valence-electron chi connectivity index (χ2n) is 7.70. The molecule has 1 aromatic carbocycles. The lowest BCUT2D eigenvalue weighted by Gasteiger charge is -2.29. The minimum atomic E-state index is -0.0679. The Balaban J connectivity index is 1.45. The molecule has 2 aromatic heterocycles. The molecule has 168 valence electrons. The zero-order valence-electron chi connectivity index (χ0n) is 18.1. The molecule has 1 N–H and O–H groups in total. The van der Waals surface area contributed by atoms with Crippen LogP contribution in [0.3, 0.4) is 0 Å². The number of benzene rings is 1. The van der Waals surface area contributed by atoms with Gasteiger partial charge >= 0.3 is 0 Å². The largest absolute Gasteiger partial charge is 0.378 e. The second kappa shape index (κ2) is 9.90. The summed E-state index contributed by atoms with van der Waals surface area (Å²) in [6.07, 6.45) is 2.02. The number of rotatable bonds is 6. The number of halogens is 2. The Morgan fingerprint density at radius 1 is 1.16 bits per heavy atom. The molecule has 0 radical (unpaired) electrons. The maximum Gasteiger partial charge on any atom is 0.224 e. The van der Waals surface area contributed by atoms with Gasteiger partial charge in [0.15, 0.2) is 0 Å². The zero-order chi connectivity index (χ0) is 22.7. The Bertz CT molecular complexity index is 1130. The number of amides is 1. The number of nitrogens with zero attached hydrogens (tertiary/aromatic N) is 4. The highest BCUT2D eigenvalue weighted by atomic mass is 35.5. The van der Waals surface area contributed by atoms with Crippen LogP contribution < -0.4 is 10.2 Å². The van der Waals surface area contributed by atoms with Crippen molar-refractivity contribution in [3.05, 3.63) is 69.1 Å². The minimum Gasteiger partial charge on any atom is -0.378 e. The normalized spacial score (nSPS) is 13.9. The molecular formula is C23H25Cl2N5O2. The Labute approximate surface area is 197 Å². The van der Waals surface area contributed by atoms with Crippen molar-refractivity contribution < 1.29 is 9.53 Å². The van der Waals surface area contributed by atoms with Crippen molar-refractivity contribution in [3.8, 4) is 5.69 Å². The summed E-state index contributed by atoms with van der Waals surface area (Å²) in [6, 6.07) is 9.25. The number of aryl methyl sites for hydroxylation is 1. The molecule has 0 spiro atoms. The predicted molar refractivity (Wildman–Crippen MR) is 126 cm³/mol. The quantitative estimate of drug-likeness (QED) is 0.587. The van der Waals surface area contributed by atoms with Crippen LogP contribution in [-0.2, 0) is 22.5 Å². The molecule has 3 heterocycles. The molecule has 0 unspecified atom stereocenters. The van der Waals surface area contributed by atoms with Gasteiger partial charge < -0.3 is 15.0 Å². The Morgan fingerprint density at radius 3 is 2.69 bits per heavy atom. The standard InChI is InChI=1S/C23H25Cl2N5O2/c1-15-19(16(2)30(28-15)18-5-6-20(24)21(25)12-18)13-22(31)27-14-17-4-3-7-26-23(17)29-8-10-32-11-9-29/h3-7,12H,8-11,13-14H2,1-2H3,(H,27,31). The van der Waals surface area contributed by atoms with E-state index in [4.69, 9.17) is 27.9 Å². The van der Waals surface area contributed by atoms with Crippen LogP contribution in [0.25, 0.3) is 5.69 Å². The van der Waals surface area contributed by atoms with E-state index >= 15 is 0 Å². The summed E-state index contributed by atoms with van der Waals surface area (Å²) in [5, 5.41) is 8.59. The van der Waals surface area contributed by atoms with E-state index in [2.05, 4.69) is 20.3 Å². The fourth-order valence-electron chi connectivity index (χ4n) is 3.84. The molecule has 3 aromatic rings. The summed E-state index contributed by atoms with van der Waals surface area (Å²) in [7, 11) is 0. The Morgan fingerprint density at radius 2 is 1.94 bits per heavy atom. The van der Waals surface area contributed by atoms with Crippen molar-refractivity contribution in [2.45, 2.75) is 26.8 Å². The van der Waals surface area contributed by atoms with Crippen molar-refractivity contribution in [3.63, 3.8) is 0 Å². The molecule has 0 bridgehead atoms. The summed E-state index contributed by atoms with van der Waals surface area (Å²) in [5.41, 5.74) is 4.39. The lowest BCUT2D eigenvalue weighted by atomic mass is 10.1. The van der Waals surface area contributed by atoms with E-state index in [1.165, 1.54) is 0 Å². The number of aromatic nitrogens is 3. The summed E-state index contributed by atoms with van der Waals surface area (Å²) in [4.78, 5) is 19.5. The van der Waals surface area contributed by atoms with Gasteiger partial charge in [-0.25, -0.2) is 9.67 Å². The van der Waals surface area contributed by atoms with Gasteiger partial charge in [0.25, 0.3) is 0 Å². The van der Waals surface area contributed by atoms with Crippen molar-refractivity contribution in [1.82, 2.24) is 20.1 Å². The Kier molecular flexibility index (Phi) is 6.98. The van der Waals surface area contributed by atoms with Gasteiger partial charge in [0.2, 0.25) is 5.91 Å². The number of anilines is 1. The van der Waals surface area contributed by atoms with Gasteiger partial charge in [-0.3, -0.25) is 4.79 Å². The molecule has 9 heteroatoms. The number of pyridine rings is 1. The second-order valence-corrected chi connectivity index (χ2v) is 8.51. The molecule has 0 aliphatic carbocycles. The molecule has 1 fully saturated rings. The highest BCUT2D eigenvalue weighted by Crippen LogP contribution is 2.26. The summed E-state index contributed by atoms with van der Waals surface area (Å²) in [6.45, 7) is 7.23. The van der Waals surface area contributed by atoms with E-state index in [1.54, 1.807) is 23.0 Å². The number of hydrogen-bond acceptors (Lipinski definition) is 5. The summed E-state index contributed by atoms with van der Waals surface area (Å²) in [5.74, 6) is 0.831. The first-order valence-electron chi connectivity index (χ1n) is 10.5. The third-order valence-corrected chi connectivity index (χ3v) is 6.32. The van der Waals surface area contributed by atoms with Crippen LogP contribution in [0.5, 0.6) is 0 Å². The lowest BCUT2D eigenvalue weighted by molar-refractivity contribution is -0.120. The number of carbonyl (C=O) groups is 1. The van der Waals surface area contributed by atoms with Crippen molar-refractivity contribution in [2.75, 3.05) is 31.2 Å². The highest BCUT2D eigenvalue weighted by Gasteiger charge is 2.19. The average Bonchev–Trinajstić information content (AvgIpc) is 3.08. The van der Waals surface area contributed by atoms with Crippen molar-refractivity contribution in [2.24, 2.45) is 0 Å². The Hall–Kier alpha value is -2.61. The van der Waals surface area contributed by atoms with E-state index in [-0.39, 0.29) is 12.3 Å². The number of nitrogens with one attached hydrogen (secondary N) is 1. The topological polar surface area (TPSA) is 72.3 Å². The monoisotopic (exact) mass is 473 g/mol. The van der Waals surface area contributed by atoms with Gasteiger partial charge in [-0.05, 0) is 38.1 Å². The van der Waals surface area contributed by atoms with E-state index in [9.17, 15) is 4.79 Å². The molecule has 32 heavy (non-hydrogen) atoms. The number of hydrogen-bond donors (Lipinski definition) is 1. The average molecular weight is 474 g/mol. The summed E-state index contributed by atoms with van der Waals surface area (Å²) < 4.78 is 7.22. The summed E-state index contributed by atoms with van der Waals surface area (Å²) >= 11 is 12.2. The third kappa shape index (κ3) is 4.90. The van der Waals surface area contributed by atoms with Crippen LogP contribution in [0.1, 0.15) is 22.5 Å². The third-order valence-electron chi connectivity index (χ3n) is 5.58. The number of carbonyl (C=O) groups excluding carboxylic acids is 1. The molecule has 0 atom stereocenters. The van der Waals surface area contributed by atoms with Gasteiger partial charge in [-0.1, -0.05) is 29.3 Å². The van der Waals surface area contributed by atoms with Gasteiger partial charge in [0.05, 0.1) is 41.1 Å². The fraction of sp³-hybridized carbons (Fsp3) is 0.348. The predicted octanol–water partition coefficient (Wildman–Crippen LogP) is 3.89. The van der Waals surface area contributed by atoms with Crippen molar-refractivity contribution in [1.29, 1.82) is 0 Å². The molecule has 1 aliphatic heterocycles. The van der Waals surface area contributed by atoms with Gasteiger partial charge in [-0.15, -0.1) is 0 Å². The van der Waals surface area contributed by atoms with E-state index in [0.717, 1.165) is 47.1 Å². The van der Waals surface area contributed by atoms with Gasteiger partial charge in [0, 0.05) is 42.7 Å². The fourth-order valence-corrected chi connectivity index (χ4v) is 4.14. The van der Waals surface area contributed by atoms with Gasteiger partial charge in [-0.2, -0.15) is 5.10 Å². The smallest absolute Gasteiger partial charge is 0.224 e. The van der Waals surface area contributed by atoms with E-state index < -0.39 is 0 Å². The number of morpholine rings is 1. The molecule has 1 saturated heterocycles. The van der Waals surface area contributed by atoms with Crippen LogP contribution in [0.2, 0.25) is 10.0 Å². The van der Waals surface area contributed by atoms with Gasteiger partial charge in [0.1, 0.15) is 5.82 Å². The maximum absolute atomic E-state index is 12.8. The molecular weight excluding hydrogens is 449 g/mol. The minimum absolute atomic E-state index is 0.0679. The molecule has 4 rings (SSSR count). The molecule has 0 saturated carbocycles. The first-order chi connectivity index (χ1) is 15.4. The van der Waals surface area contributed by atoms with Crippen LogP contribution in [0, 0.1) is 13.8 Å². The number of ether oxygens (including phenoxy) is 1. The molecule has 1 aliphatic rings. The zero-order valence-corrected chi connectivity index (χ0v) is 19.6. The highest BCUT2D eigenvalue weighted by molar-refractivity contribution is 6.42. The SMILES string of the molecule is Cc1nn(-c2ccc(Cl)c(Cl)c2)c(C)c1CC(=O)NCc1cccnc1N1CCOCC1. The first kappa shape index (κ1) is 22.6. The van der Waals surface area contributed by atoms with Crippen LogP contribution >= 0.6 is 23.2 Å². The van der Waals surface area contributed by atoms with Crippen LogP contribution in [0.4, 0.5) is 5.82 Å². The van der Waals surface area contributed by atoms with Crippen LogP contribution in [0.15, 0.2) is 36.5 Å². The molecule has 7 nitrogen and oxygen atoms in total. The maximum atomic E-state index is 12.8. The van der Waals surface area contributed by atoms with Crippen molar-refractivity contribution >= 4 is 34.9 Å². The van der Waals surface area contributed by atoms with E-state index in [0.29, 0.717) is 29.8 Å². The lowest BCUT2D eigenvalue weighted by Crippen LogP contribution is -2.38. The van der Waals surface area contributed by atoms with E-state index in [1.807, 2.05) is 32.0 Å². The molecule has 1 amide bonds. The van der Waals surface area contributed by atoms with Crippen LogP contribution in [-0.4, -0.2) is 47.0 Å².